The minimum Gasteiger partial charge on any atom is -0.460 e. The van der Waals surface area contributed by atoms with Crippen molar-refractivity contribution >= 4 is 28.0 Å². The van der Waals surface area contributed by atoms with Crippen molar-refractivity contribution in [1.29, 1.82) is 0 Å². The lowest BCUT2D eigenvalue weighted by Gasteiger charge is -2.19. The summed E-state index contributed by atoms with van der Waals surface area (Å²) in [5.41, 5.74) is 2.52. The Kier molecular flexibility index (Phi) is 7.15. The van der Waals surface area contributed by atoms with Gasteiger partial charge in [0, 0.05) is 41.7 Å². The van der Waals surface area contributed by atoms with Crippen molar-refractivity contribution < 1.29 is 22.7 Å². The third-order valence-electron chi connectivity index (χ3n) is 5.65. The molecule has 4 rings (SSSR count). The fourth-order valence-electron chi connectivity index (χ4n) is 3.97. The fourth-order valence-corrected chi connectivity index (χ4v) is 4.91. The van der Waals surface area contributed by atoms with E-state index in [9.17, 15) is 18.0 Å². The van der Waals surface area contributed by atoms with Crippen LogP contribution >= 0.6 is 11.3 Å². The molecule has 0 unspecified atom stereocenters. The third kappa shape index (κ3) is 6.10. The van der Waals surface area contributed by atoms with Gasteiger partial charge in [-0.05, 0) is 37.9 Å². The maximum absolute atomic E-state index is 12.4. The molecule has 3 aromatic rings. The first-order valence-electron chi connectivity index (χ1n) is 10.9. The summed E-state index contributed by atoms with van der Waals surface area (Å²) in [6.07, 6.45) is 0.547. The van der Waals surface area contributed by atoms with Crippen molar-refractivity contribution in [3.8, 4) is 5.19 Å². The largest absolute Gasteiger partial charge is 0.460 e. The zero-order valence-corrected chi connectivity index (χ0v) is 18.5. The molecule has 1 N–H and O–H groups in total. The Morgan fingerprint density at radius 3 is 2.78 bits per heavy atom. The molecule has 5 nitrogen and oxygen atoms in total. The summed E-state index contributed by atoms with van der Waals surface area (Å²) in [5.74, 6) is 0.148. The van der Waals surface area contributed by atoms with Crippen LogP contribution in [0.5, 0.6) is 5.19 Å². The van der Waals surface area contributed by atoms with E-state index in [1.807, 2.05) is 30.3 Å². The van der Waals surface area contributed by atoms with E-state index in [-0.39, 0.29) is 11.0 Å². The maximum Gasteiger partial charge on any atom is 0.422 e. The number of ketones is 1. The molecular weight excluding hydrogens is 439 g/mol. The van der Waals surface area contributed by atoms with Crippen molar-refractivity contribution in [2.45, 2.75) is 44.7 Å². The van der Waals surface area contributed by atoms with E-state index in [0.29, 0.717) is 12.1 Å². The number of alkyl halides is 3. The van der Waals surface area contributed by atoms with Crippen molar-refractivity contribution in [3.63, 3.8) is 0 Å². The lowest BCUT2D eigenvalue weighted by molar-refractivity contribution is -0.153. The molecule has 0 saturated heterocycles. The molecule has 1 aromatic carbocycles. The quantitative estimate of drug-likeness (QED) is 0.339. The van der Waals surface area contributed by atoms with E-state index in [2.05, 4.69) is 14.9 Å². The van der Waals surface area contributed by atoms with E-state index in [1.54, 1.807) is 0 Å². The van der Waals surface area contributed by atoms with Gasteiger partial charge in [-0.25, -0.2) is 4.98 Å². The second-order valence-corrected chi connectivity index (χ2v) is 9.15. The fraction of sp³-hybridized carbons (Fsp3) is 0.478. The molecule has 32 heavy (non-hydrogen) atoms. The molecule has 9 heteroatoms. The van der Waals surface area contributed by atoms with Gasteiger partial charge in [-0.1, -0.05) is 36.0 Å². The van der Waals surface area contributed by atoms with Gasteiger partial charge < -0.3 is 14.6 Å². The monoisotopic (exact) mass is 465 g/mol. The van der Waals surface area contributed by atoms with Gasteiger partial charge in [0.1, 0.15) is 0 Å². The van der Waals surface area contributed by atoms with Crippen LogP contribution in [0.15, 0.2) is 30.3 Å². The second kappa shape index (κ2) is 10.0. The number of ether oxygens (including phenoxy) is 1. The van der Waals surface area contributed by atoms with Gasteiger partial charge in [-0.15, -0.1) is 0 Å². The first kappa shape index (κ1) is 22.8. The average Bonchev–Trinajstić information content (AvgIpc) is 3.32. The van der Waals surface area contributed by atoms with Gasteiger partial charge >= 0.3 is 6.18 Å². The van der Waals surface area contributed by atoms with E-state index in [0.717, 1.165) is 73.2 Å². The molecule has 0 saturated carbocycles. The van der Waals surface area contributed by atoms with Crippen LogP contribution in [0.1, 0.15) is 46.7 Å². The Morgan fingerprint density at radius 1 is 1.16 bits per heavy atom. The van der Waals surface area contributed by atoms with E-state index >= 15 is 0 Å². The number of hydrogen-bond acceptors (Lipinski definition) is 5. The molecule has 172 valence electrons. The van der Waals surface area contributed by atoms with Crippen LogP contribution in [0.2, 0.25) is 0 Å². The van der Waals surface area contributed by atoms with Crippen molar-refractivity contribution in [2.75, 3.05) is 26.2 Å². The van der Waals surface area contributed by atoms with Crippen LogP contribution in [-0.2, 0) is 12.8 Å². The van der Waals surface area contributed by atoms with Gasteiger partial charge in [0.15, 0.2) is 12.4 Å². The molecule has 0 spiro atoms. The van der Waals surface area contributed by atoms with Gasteiger partial charge in [0.05, 0.1) is 11.4 Å². The highest BCUT2D eigenvalue weighted by Crippen LogP contribution is 2.29. The maximum atomic E-state index is 12.4. The van der Waals surface area contributed by atoms with Crippen LogP contribution < -0.4 is 4.74 Å². The molecule has 0 atom stereocenters. The van der Waals surface area contributed by atoms with Crippen LogP contribution in [0, 0.1) is 0 Å². The number of unbranched alkanes of at least 4 members (excludes halogenated alkanes) is 2. The van der Waals surface area contributed by atoms with Crippen molar-refractivity contribution in [3.05, 3.63) is 46.6 Å². The Morgan fingerprint density at radius 2 is 1.97 bits per heavy atom. The molecule has 1 aliphatic heterocycles. The number of benzene rings is 1. The topological polar surface area (TPSA) is 58.2 Å². The predicted molar refractivity (Wildman–Crippen MR) is 119 cm³/mol. The van der Waals surface area contributed by atoms with Crippen molar-refractivity contribution in [2.24, 2.45) is 0 Å². The Balaban J connectivity index is 1.15. The highest BCUT2D eigenvalue weighted by molar-refractivity contribution is 7.13. The lowest BCUT2D eigenvalue weighted by Crippen LogP contribution is -2.27. The standard InChI is InChI=1S/C23H26F3N3O2S/c24-23(25,26)15-31-22-28-18-9-12-29(13-10-21(18)32-22)11-5-1-2-8-20(30)19-14-16-6-3-4-7-17(16)27-19/h3-4,6-7,14,27H,1-2,5,8-13,15H2. The third-order valence-corrected chi connectivity index (χ3v) is 6.72. The second-order valence-electron chi connectivity index (χ2n) is 8.10. The molecular formula is C23H26F3N3O2S. The first-order chi connectivity index (χ1) is 15.4. The number of Topliss-reactive ketones (excluding diaryl/α,β-unsaturated/α-hetero) is 1. The normalized spacial score (nSPS) is 15.0. The Labute approximate surface area is 188 Å². The Bertz CT molecular complexity index is 1000. The number of para-hydroxylation sites is 1. The number of carbonyl (C=O) groups is 1. The summed E-state index contributed by atoms with van der Waals surface area (Å²) in [7, 11) is 0. The summed E-state index contributed by atoms with van der Waals surface area (Å²) in [4.78, 5) is 23.3. The SMILES string of the molecule is O=C(CCCCCN1CCc2nc(OCC(F)(F)F)sc2CC1)c1cc2ccccc2[nH]1. The average molecular weight is 466 g/mol. The Hall–Kier alpha value is -2.39. The minimum atomic E-state index is -4.35. The molecule has 0 amide bonds. The number of H-pyrrole nitrogens is 1. The first-order valence-corrected chi connectivity index (χ1v) is 11.7. The molecule has 1 aliphatic rings. The summed E-state index contributed by atoms with van der Waals surface area (Å²) >= 11 is 1.23. The van der Waals surface area contributed by atoms with E-state index in [1.165, 1.54) is 11.3 Å². The van der Waals surface area contributed by atoms with Crippen LogP contribution in [0.4, 0.5) is 13.2 Å². The number of aromatic amines is 1. The number of carbonyl (C=O) groups excluding carboxylic acids is 1. The summed E-state index contributed by atoms with van der Waals surface area (Å²) in [6, 6.07) is 9.79. The number of hydrogen-bond donors (Lipinski definition) is 1. The van der Waals surface area contributed by atoms with Gasteiger partial charge in [-0.2, -0.15) is 13.2 Å². The highest BCUT2D eigenvalue weighted by atomic mass is 32.1. The number of rotatable bonds is 9. The zero-order valence-electron chi connectivity index (χ0n) is 17.7. The molecule has 0 fully saturated rings. The minimum absolute atomic E-state index is 0.111. The number of thiazole rings is 1. The molecule has 3 heterocycles. The van der Waals surface area contributed by atoms with Gasteiger partial charge in [0.2, 0.25) is 0 Å². The number of aromatic nitrogens is 2. The van der Waals surface area contributed by atoms with Crippen molar-refractivity contribution in [1.82, 2.24) is 14.9 Å². The van der Waals surface area contributed by atoms with Crippen LogP contribution in [-0.4, -0.2) is 53.1 Å². The summed E-state index contributed by atoms with van der Waals surface area (Å²) in [6.45, 7) is 1.35. The predicted octanol–water partition coefficient (Wildman–Crippen LogP) is 5.41. The zero-order chi connectivity index (χ0) is 22.6. The van der Waals surface area contributed by atoms with E-state index < -0.39 is 12.8 Å². The molecule has 0 bridgehead atoms. The summed E-state index contributed by atoms with van der Waals surface area (Å²) in [5, 5.41) is 1.17. The molecule has 0 aliphatic carbocycles. The van der Waals surface area contributed by atoms with Crippen LogP contribution in [0.3, 0.4) is 0 Å². The van der Waals surface area contributed by atoms with Gasteiger partial charge in [0.25, 0.3) is 5.19 Å². The number of nitrogens with zero attached hydrogens (tertiary/aromatic N) is 2. The van der Waals surface area contributed by atoms with Gasteiger partial charge in [-0.3, -0.25) is 4.79 Å². The number of halogens is 3. The lowest BCUT2D eigenvalue weighted by atomic mass is 10.1. The molecule has 0 radical (unpaired) electrons. The molecule has 2 aromatic heterocycles. The van der Waals surface area contributed by atoms with E-state index in [4.69, 9.17) is 4.74 Å². The summed E-state index contributed by atoms with van der Waals surface area (Å²) < 4.78 is 41.7. The smallest absolute Gasteiger partial charge is 0.422 e. The number of nitrogens with one attached hydrogen (secondary N) is 1. The number of fused-ring (bicyclic) bond motifs is 2. The highest BCUT2D eigenvalue weighted by Gasteiger charge is 2.29. The van der Waals surface area contributed by atoms with Crippen LogP contribution in [0.25, 0.3) is 10.9 Å².